The fourth-order valence-corrected chi connectivity index (χ4v) is 3.67. The van der Waals surface area contributed by atoms with Crippen molar-refractivity contribution in [2.75, 3.05) is 0 Å². The van der Waals surface area contributed by atoms with E-state index in [1.807, 2.05) is 19.9 Å². The van der Waals surface area contributed by atoms with Gasteiger partial charge in [0.1, 0.15) is 0 Å². The molecule has 0 radical (unpaired) electrons. The first-order valence-electron chi connectivity index (χ1n) is 12.3. The summed E-state index contributed by atoms with van der Waals surface area (Å²) in [5.41, 5.74) is 9.79. The maximum atomic E-state index is 4.09. The third-order valence-electron chi connectivity index (χ3n) is 5.50. The van der Waals surface area contributed by atoms with E-state index in [9.17, 15) is 0 Å². The van der Waals surface area contributed by atoms with Gasteiger partial charge in [-0.05, 0) is 83.1 Å². The Morgan fingerprint density at radius 2 is 1.62 bits per heavy atom. The van der Waals surface area contributed by atoms with Crippen LogP contribution in [0.25, 0.3) is 17.2 Å². The van der Waals surface area contributed by atoms with Crippen molar-refractivity contribution in [2.45, 2.75) is 101 Å². The normalized spacial score (nSPS) is 14.4. The lowest BCUT2D eigenvalue weighted by atomic mass is 9.70. The lowest BCUT2D eigenvalue weighted by Crippen LogP contribution is -2.23. The summed E-state index contributed by atoms with van der Waals surface area (Å²) in [7, 11) is 0. The Balaban J connectivity index is 0. The topological polar surface area (TPSA) is 0 Å². The van der Waals surface area contributed by atoms with Crippen LogP contribution in [0.5, 0.6) is 0 Å². The highest BCUT2D eigenvalue weighted by Gasteiger charge is 2.30. The molecule has 0 heteroatoms. The molecule has 1 aromatic rings. The summed E-state index contributed by atoms with van der Waals surface area (Å²) in [5.74, 6) is 0.544. The van der Waals surface area contributed by atoms with Crippen LogP contribution in [-0.4, -0.2) is 0 Å². The monoisotopic (exact) mass is 434 g/mol. The van der Waals surface area contributed by atoms with E-state index in [0.717, 1.165) is 12.8 Å². The molecule has 0 bridgehead atoms. The Bertz CT molecular complexity index is 804. The fourth-order valence-electron chi connectivity index (χ4n) is 3.67. The highest BCUT2D eigenvalue weighted by molar-refractivity contribution is 5.82. The second-order valence-electron chi connectivity index (χ2n) is 8.92. The van der Waals surface area contributed by atoms with Crippen LogP contribution in [0.15, 0.2) is 42.5 Å². The Kier molecular flexibility index (Phi) is 16.3. The minimum absolute atomic E-state index is 0.179. The van der Waals surface area contributed by atoms with E-state index in [1.54, 1.807) is 0 Å². The summed E-state index contributed by atoms with van der Waals surface area (Å²) in [6.07, 6.45) is 20.4. The van der Waals surface area contributed by atoms with Gasteiger partial charge in [-0.25, -0.2) is 0 Å². The fraction of sp³-hybridized carbons (Fsp3) is 0.500. The molecule has 0 aliphatic heterocycles. The summed E-state index contributed by atoms with van der Waals surface area (Å²) in [5, 5.41) is 0. The smallest absolute Gasteiger partial charge is 0.00626 e. The summed E-state index contributed by atoms with van der Waals surface area (Å²) in [6.45, 7) is 28.3. The molecule has 0 heterocycles. The van der Waals surface area contributed by atoms with Crippen LogP contribution in [-0.2, 0) is 5.41 Å². The molecule has 0 spiro atoms. The number of fused-ring (bicyclic) bond motifs is 1. The molecule has 1 aromatic carbocycles. The molecular formula is C32H50. The number of terminal acetylenes is 1. The molecule has 0 saturated carbocycles. The lowest BCUT2D eigenvalue weighted by molar-refractivity contribution is 0.523. The van der Waals surface area contributed by atoms with Crippen molar-refractivity contribution in [2.24, 2.45) is 5.92 Å². The molecule has 0 aromatic heterocycles. The average molecular weight is 435 g/mol. The average Bonchev–Trinajstić information content (AvgIpc) is 2.79. The highest BCUT2D eigenvalue weighted by Crippen LogP contribution is 2.43. The van der Waals surface area contributed by atoms with Gasteiger partial charge in [-0.3, -0.25) is 0 Å². The second-order valence-corrected chi connectivity index (χ2v) is 8.92. The van der Waals surface area contributed by atoms with Crippen molar-refractivity contribution in [1.29, 1.82) is 0 Å². The van der Waals surface area contributed by atoms with Gasteiger partial charge in [0.25, 0.3) is 0 Å². The molecule has 0 nitrogen and oxygen atoms in total. The van der Waals surface area contributed by atoms with Crippen molar-refractivity contribution in [3.8, 4) is 12.8 Å². The minimum Gasteiger partial charge on any atom is -0.124 e. The van der Waals surface area contributed by atoms with Crippen LogP contribution in [0.3, 0.4) is 0 Å². The molecule has 32 heavy (non-hydrogen) atoms. The number of benzene rings is 1. The Morgan fingerprint density at radius 1 is 1.09 bits per heavy atom. The van der Waals surface area contributed by atoms with Gasteiger partial charge in [0.2, 0.25) is 0 Å². The molecule has 0 saturated heterocycles. The lowest BCUT2D eigenvalue weighted by Gasteiger charge is -2.34. The maximum Gasteiger partial charge on any atom is -0.00626 e. The van der Waals surface area contributed by atoms with Gasteiger partial charge in [-0.1, -0.05) is 106 Å². The van der Waals surface area contributed by atoms with Crippen molar-refractivity contribution < 1.29 is 0 Å². The maximum absolute atomic E-state index is 4.09. The molecule has 0 amide bonds. The van der Waals surface area contributed by atoms with Crippen LogP contribution in [0.2, 0.25) is 0 Å². The first kappa shape index (κ1) is 31.9. The standard InChI is InChI=1S/C25H34.C3H8.C2H6.C2H2/c1-9-11-12-18(5)19(6)22-16-23-21(17(3)4)13-14-25(7,8)24(23)15-20(22)10-2;1-3-2;2*1-2/h10-13,15-17H,2,9,14H2,1,3-8H3;3H2,1-2H3;1-2H3;1-2H/b12-11+,19-18-;;;. The van der Waals surface area contributed by atoms with E-state index in [1.165, 1.54) is 45.4 Å². The van der Waals surface area contributed by atoms with Gasteiger partial charge in [0, 0.05) is 0 Å². The van der Waals surface area contributed by atoms with Crippen molar-refractivity contribution in [3.63, 3.8) is 0 Å². The van der Waals surface area contributed by atoms with Crippen molar-refractivity contribution in [3.05, 3.63) is 64.8 Å². The van der Waals surface area contributed by atoms with Crippen LogP contribution >= 0.6 is 0 Å². The number of hydrogen-bond donors (Lipinski definition) is 0. The van der Waals surface area contributed by atoms with E-state index >= 15 is 0 Å². The molecule has 0 N–H and O–H groups in total. The summed E-state index contributed by atoms with van der Waals surface area (Å²) >= 11 is 0. The van der Waals surface area contributed by atoms with Crippen molar-refractivity contribution >= 4 is 17.2 Å². The molecule has 0 fully saturated rings. The number of allylic oxidation sites excluding steroid dienone is 6. The summed E-state index contributed by atoms with van der Waals surface area (Å²) in [4.78, 5) is 0. The van der Waals surface area contributed by atoms with Crippen LogP contribution in [0.4, 0.5) is 0 Å². The van der Waals surface area contributed by atoms with Gasteiger partial charge in [-0.2, -0.15) is 0 Å². The van der Waals surface area contributed by atoms with Gasteiger partial charge >= 0.3 is 0 Å². The zero-order valence-corrected chi connectivity index (χ0v) is 23.0. The van der Waals surface area contributed by atoms with E-state index in [4.69, 9.17) is 0 Å². The second kappa shape index (κ2) is 16.4. The SMILES string of the molecule is C#C.C=Cc1cc2c(cc1/C(C)=C(C)\C=C\CC)C(C(C)C)=CCC2(C)C.CC.CCC. The Labute approximate surface area is 201 Å². The number of rotatable bonds is 5. The third-order valence-corrected chi connectivity index (χ3v) is 5.50. The Morgan fingerprint density at radius 3 is 2.06 bits per heavy atom. The predicted molar refractivity (Wildman–Crippen MR) is 152 cm³/mol. The largest absolute Gasteiger partial charge is 0.124 e. The van der Waals surface area contributed by atoms with Gasteiger partial charge in [0.15, 0.2) is 0 Å². The zero-order chi connectivity index (χ0) is 25.5. The summed E-state index contributed by atoms with van der Waals surface area (Å²) in [6, 6.07) is 4.80. The van der Waals surface area contributed by atoms with E-state index in [-0.39, 0.29) is 5.41 Å². The molecule has 2 rings (SSSR count). The van der Waals surface area contributed by atoms with E-state index in [0.29, 0.717) is 5.92 Å². The minimum atomic E-state index is 0.179. The zero-order valence-electron chi connectivity index (χ0n) is 23.0. The van der Waals surface area contributed by atoms with Crippen LogP contribution < -0.4 is 0 Å². The van der Waals surface area contributed by atoms with E-state index in [2.05, 4.69) is 112 Å². The third kappa shape index (κ3) is 8.70. The molecule has 178 valence electrons. The van der Waals surface area contributed by atoms with Gasteiger partial charge in [-0.15, -0.1) is 12.8 Å². The molecule has 1 aliphatic carbocycles. The highest BCUT2D eigenvalue weighted by atomic mass is 14.3. The van der Waals surface area contributed by atoms with Crippen LogP contribution in [0.1, 0.15) is 118 Å². The number of hydrogen-bond acceptors (Lipinski definition) is 0. The van der Waals surface area contributed by atoms with Crippen LogP contribution in [0, 0.1) is 18.8 Å². The first-order chi connectivity index (χ1) is 15.1. The Hall–Kier alpha value is -2.26. The molecule has 0 atom stereocenters. The molecule has 0 unspecified atom stereocenters. The van der Waals surface area contributed by atoms with Crippen molar-refractivity contribution in [1.82, 2.24) is 0 Å². The van der Waals surface area contributed by atoms with Gasteiger partial charge < -0.3 is 0 Å². The molecular weight excluding hydrogens is 384 g/mol. The summed E-state index contributed by atoms with van der Waals surface area (Å²) < 4.78 is 0. The van der Waals surface area contributed by atoms with Gasteiger partial charge in [0.05, 0.1) is 0 Å². The molecule has 1 aliphatic rings. The predicted octanol–water partition coefficient (Wildman–Crippen LogP) is 10.5. The quantitative estimate of drug-likeness (QED) is 0.319. The first-order valence-corrected chi connectivity index (χ1v) is 12.3. The van der Waals surface area contributed by atoms with E-state index < -0.39 is 0 Å².